The molecular weight excluding hydrogens is 284 g/mol. The molecule has 0 fully saturated rings. The molecule has 0 saturated carbocycles. The first-order valence-electron chi connectivity index (χ1n) is 5.63. The van der Waals surface area contributed by atoms with Crippen LogP contribution in [0.5, 0.6) is 0 Å². The second-order valence-electron chi connectivity index (χ2n) is 3.82. The summed E-state index contributed by atoms with van der Waals surface area (Å²) in [5, 5.41) is 17.6. The van der Waals surface area contributed by atoms with Crippen molar-refractivity contribution in [2.24, 2.45) is 0 Å². The lowest BCUT2D eigenvalue weighted by Gasteiger charge is -2.10. The van der Waals surface area contributed by atoms with E-state index in [0.29, 0.717) is 6.42 Å². The summed E-state index contributed by atoms with van der Waals surface area (Å²) in [5.74, 6) is -1.49. The van der Waals surface area contributed by atoms with Gasteiger partial charge in [0, 0.05) is 16.3 Å². The van der Waals surface area contributed by atoms with Crippen molar-refractivity contribution in [1.29, 1.82) is 0 Å². The van der Waals surface area contributed by atoms with Crippen LogP contribution in [0.1, 0.15) is 23.8 Å². The van der Waals surface area contributed by atoms with E-state index >= 15 is 0 Å². The van der Waals surface area contributed by atoms with Crippen LogP contribution < -0.4 is 5.32 Å². The van der Waals surface area contributed by atoms with Crippen LogP contribution in [0, 0.1) is 0 Å². The number of thiazole rings is 1. The van der Waals surface area contributed by atoms with Gasteiger partial charge in [-0.1, -0.05) is 6.92 Å². The highest BCUT2D eigenvalue weighted by Crippen LogP contribution is 2.25. The van der Waals surface area contributed by atoms with Gasteiger partial charge >= 0.3 is 5.97 Å². The van der Waals surface area contributed by atoms with E-state index in [-0.39, 0.29) is 5.69 Å². The van der Waals surface area contributed by atoms with E-state index in [2.05, 4.69) is 10.3 Å². The molecule has 0 radical (unpaired) electrons. The number of hydrogen-bond acceptors (Lipinski definition) is 5. The molecule has 1 atom stereocenters. The van der Waals surface area contributed by atoms with Gasteiger partial charge in [-0.2, -0.15) is 11.3 Å². The van der Waals surface area contributed by atoms with Crippen molar-refractivity contribution >= 4 is 34.6 Å². The molecular formula is C12H12N2O3S2. The summed E-state index contributed by atoms with van der Waals surface area (Å²) < 4.78 is 0. The largest absolute Gasteiger partial charge is 0.480 e. The average Bonchev–Trinajstić information content (AvgIpc) is 3.04. The van der Waals surface area contributed by atoms with Crippen LogP contribution in [0.15, 0.2) is 22.2 Å². The fraction of sp³-hybridized carbons (Fsp3) is 0.250. The standard InChI is InChI=1S/C12H12N2O3S2/c1-2-8(12(16)17)13-10(15)9-6-19-11(14-9)7-3-4-18-5-7/h3-6,8H,2H2,1H3,(H,13,15)(H,16,17)/t8-/m0/s1. The number of carbonyl (C=O) groups is 2. The smallest absolute Gasteiger partial charge is 0.326 e. The van der Waals surface area contributed by atoms with Gasteiger partial charge < -0.3 is 10.4 Å². The van der Waals surface area contributed by atoms with Crippen molar-refractivity contribution in [3.05, 3.63) is 27.9 Å². The van der Waals surface area contributed by atoms with Gasteiger partial charge in [0.1, 0.15) is 16.7 Å². The molecule has 2 aromatic rings. The molecule has 7 heteroatoms. The number of aliphatic carboxylic acids is 1. The minimum atomic E-state index is -1.04. The summed E-state index contributed by atoms with van der Waals surface area (Å²) in [6.07, 6.45) is 0.336. The molecule has 2 heterocycles. The van der Waals surface area contributed by atoms with E-state index in [1.165, 1.54) is 11.3 Å². The van der Waals surface area contributed by atoms with E-state index in [0.717, 1.165) is 10.6 Å². The van der Waals surface area contributed by atoms with Crippen LogP contribution in [0.3, 0.4) is 0 Å². The Labute approximate surface area is 117 Å². The van der Waals surface area contributed by atoms with Gasteiger partial charge in [0.25, 0.3) is 5.91 Å². The van der Waals surface area contributed by atoms with Crippen LogP contribution in [-0.2, 0) is 4.79 Å². The number of rotatable bonds is 5. The van der Waals surface area contributed by atoms with Gasteiger partial charge in [0.05, 0.1) is 0 Å². The third-order valence-corrected chi connectivity index (χ3v) is 4.09. The van der Waals surface area contributed by atoms with E-state index in [1.54, 1.807) is 23.6 Å². The van der Waals surface area contributed by atoms with E-state index in [9.17, 15) is 9.59 Å². The van der Waals surface area contributed by atoms with Gasteiger partial charge in [-0.15, -0.1) is 11.3 Å². The Morgan fingerprint density at radius 3 is 2.84 bits per heavy atom. The minimum Gasteiger partial charge on any atom is -0.480 e. The number of carboxylic acid groups (broad SMARTS) is 1. The van der Waals surface area contributed by atoms with E-state index in [1.807, 2.05) is 16.8 Å². The molecule has 2 rings (SSSR count). The molecule has 1 amide bonds. The maximum atomic E-state index is 11.9. The third-order valence-electron chi connectivity index (χ3n) is 2.52. The molecule has 0 aliphatic carbocycles. The number of aromatic nitrogens is 1. The first-order chi connectivity index (χ1) is 9.11. The molecule has 5 nitrogen and oxygen atoms in total. The predicted molar refractivity (Wildman–Crippen MR) is 74.6 cm³/mol. The lowest BCUT2D eigenvalue weighted by molar-refractivity contribution is -0.139. The molecule has 0 unspecified atom stereocenters. The zero-order valence-corrected chi connectivity index (χ0v) is 11.8. The fourth-order valence-corrected chi connectivity index (χ4v) is 2.98. The number of nitrogens with one attached hydrogen (secondary N) is 1. The SMILES string of the molecule is CC[C@H](NC(=O)c1csc(-c2ccsc2)n1)C(=O)O. The quantitative estimate of drug-likeness (QED) is 0.888. The minimum absolute atomic E-state index is 0.255. The Morgan fingerprint density at radius 1 is 1.47 bits per heavy atom. The molecule has 19 heavy (non-hydrogen) atoms. The van der Waals surface area contributed by atoms with Gasteiger partial charge in [-0.05, 0) is 17.9 Å². The number of nitrogens with zero attached hydrogens (tertiary/aromatic N) is 1. The Kier molecular flexibility index (Phi) is 4.28. The van der Waals surface area contributed by atoms with Crippen LogP contribution in [0.25, 0.3) is 10.6 Å². The Bertz CT molecular complexity index is 578. The molecule has 0 saturated heterocycles. The van der Waals surface area contributed by atoms with E-state index in [4.69, 9.17) is 5.11 Å². The number of carboxylic acids is 1. The van der Waals surface area contributed by atoms with Crippen LogP contribution in [-0.4, -0.2) is 28.0 Å². The van der Waals surface area contributed by atoms with Crippen molar-refractivity contribution < 1.29 is 14.7 Å². The van der Waals surface area contributed by atoms with Gasteiger partial charge in [-0.25, -0.2) is 9.78 Å². The highest BCUT2D eigenvalue weighted by Gasteiger charge is 2.20. The molecule has 0 aliphatic rings. The number of carbonyl (C=O) groups excluding carboxylic acids is 1. The van der Waals surface area contributed by atoms with Crippen molar-refractivity contribution in [3.8, 4) is 10.6 Å². The second kappa shape index (κ2) is 5.94. The lowest BCUT2D eigenvalue weighted by atomic mass is 10.2. The van der Waals surface area contributed by atoms with Crippen molar-refractivity contribution in [2.45, 2.75) is 19.4 Å². The molecule has 0 spiro atoms. The summed E-state index contributed by atoms with van der Waals surface area (Å²) in [5.41, 5.74) is 1.23. The van der Waals surface area contributed by atoms with Crippen LogP contribution in [0.4, 0.5) is 0 Å². The maximum Gasteiger partial charge on any atom is 0.326 e. The van der Waals surface area contributed by atoms with E-state index < -0.39 is 17.9 Å². The Balaban J connectivity index is 2.10. The number of amides is 1. The van der Waals surface area contributed by atoms with Gasteiger partial charge in [-0.3, -0.25) is 4.79 Å². The second-order valence-corrected chi connectivity index (χ2v) is 5.46. The summed E-state index contributed by atoms with van der Waals surface area (Å²) >= 11 is 2.92. The summed E-state index contributed by atoms with van der Waals surface area (Å²) in [6.45, 7) is 1.71. The average molecular weight is 296 g/mol. The third kappa shape index (κ3) is 3.18. The van der Waals surface area contributed by atoms with Gasteiger partial charge in [0.15, 0.2) is 0 Å². The molecule has 2 N–H and O–H groups in total. The fourth-order valence-electron chi connectivity index (χ4n) is 1.47. The summed E-state index contributed by atoms with van der Waals surface area (Å²) in [6, 6.07) is 1.05. The monoisotopic (exact) mass is 296 g/mol. The topological polar surface area (TPSA) is 79.3 Å². The molecule has 2 aromatic heterocycles. The Morgan fingerprint density at radius 2 is 2.26 bits per heavy atom. The van der Waals surface area contributed by atoms with Crippen LogP contribution >= 0.6 is 22.7 Å². The van der Waals surface area contributed by atoms with Crippen molar-refractivity contribution in [1.82, 2.24) is 10.3 Å². The normalized spacial score (nSPS) is 12.1. The van der Waals surface area contributed by atoms with Gasteiger partial charge in [0.2, 0.25) is 0 Å². The molecule has 0 aliphatic heterocycles. The summed E-state index contributed by atoms with van der Waals surface area (Å²) in [4.78, 5) is 27.0. The van der Waals surface area contributed by atoms with Crippen molar-refractivity contribution in [3.63, 3.8) is 0 Å². The summed E-state index contributed by atoms with van der Waals surface area (Å²) in [7, 11) is 0. The maximum absolute atomic E-state index is 11.9. The highest BCUT2D eigenvalue weighted by molar-refractivity contribution is 7.14. The van der Waals surface area contributed by atoms with Crippen molar-refractivity contribution in [2.75, 3.05) is 0 Å². The Hall–Kier alpha value is -1.73. The molecule has 0 bridgehead atoms. The first kappa shape index (κ1) is 13.7. The predicted octanol–water partition coefficient (Wildman–Crippen LogP) is 2.46. The zero-order valence-electron chi connectivity index (χ0n) is 10.1. The number of hydrogen-bond donors (Lipinski definition) is 2. The zero-order chi connectivity index (χ0) is 13.8. The lowest BCUT2D eigenvalue weighted by Crippen LogP contribution is -2.40. The molecule has 0 aromatic carbocycles. The first-order valence-corrected chi connectivity index (χ1v) is 7.45. The number of thiophene rings is 1. The van der Waals surface area contributed by atoms with Crippen LogP contribution in [0.2, 0.25) is 0 Å². The highest BCUT2D eigenvalue weighted by atomic mass is 32.1. The molecule has 100 valence electrons.